The number of aryl methyl sites for hydroxylation is 2. The summed E-state index contributed by atoms with van der Waals surface area (Å²) in [6.07, 6.45) is 0.371. The second-order valence-corrected chi connectivity index (χ2v) is 7.42. The Morgan fingerprint density at radius 2 is 1.92 bits per heavy atom. The highest BCUT2D eigenvalue weighted by Gasteiger charge is 2.22. The van der Waals surface area contributed by atoms with E-state index in [9.17, 15) is 4.79 Å². The maximum Gasteiger partial charge on any atom is 0.410 e. The van der Waals surface area contributed by atoms with Crippen molar-refractivity contribution >= 4 is 41.7 Å². The van der Waals surface area contributed by atoms with Crippen molar-refractivity contribution in [3.63, 3.8) is 0 Å². The van der Waals surface area contributed by atoms with E-state index in [2.05, 4.69) is 24.2 Å². The van der Waals surface area contributed by atoms with Crippen LogP contribution in [0.2, 0.25) is 0 Å². The van der Waals surface area contributed by atoms with E-state index in [0.29, 0.717) is 18.9 Å². The summed E-state index contributed by atoms with van der Waals surface area (Å²) in [7, 11) is 1.74. The lowest BCUT2D eigenvalue weighted by Crippen LogP contribution is -2.39. The minimum absolute atomic E-state index is 0. The lowest BCUT2D eigenvalue weighted by atomic mass is 10.1. The number of carbonyl (C=O) groups is 1. The Hall–Kier alpha value is -1.51. The summed E-state index contributed by atoms with van der Waals surface area (Å²) >= 11 is 0. The molecule has 0 heterocycles. The lowest BCUT2D eigenvalue weighted by molar-refractivity contribution is 0.0231. The fourth-order valence-electron chi connectivity index (χ4n) is 2.09. The molecule has 148 valence electrons. The Morgan fingerprint density at radius 1 is 1.31 bits per heavy atom. The number of nitrogens with two attached hydrogens (primary N) is 1. The Labute approximate surface area is 174 Å². The monoisotopic (exact) mass is 476 g/mol. The number of benzene rings is 1. The number of ether oxygens (including phenoxy) is 1. The van der Waals surface area contributed by atoms with Crippen molar-refractivity contribution in [3.8, 4) is 0 Å². The molecular weight excluding hydrogens is 443 g/mol. The molecule has 1 aromatic carbocycles. The zero-order valence-corrected chi connectivity index (χ0v) is 19.3. The van der Waals surface area contributed by atoms with Crippen molar-refractivity contribution < 1.29 is 9.53 Å². The van der Waals surface area contributed by atoms with Gasteiger partial charge < -0.3 is 20.7 Å². The first kappa shape index (κ1) is 24.5. The highest BCUT2D eigenvalue weighted by atomic mass is 127. The molecule has 1 rings (SSSR count). The third-order valence-electron chi connectivity index (χ3n) is 3.95. The number of hydrogen-bond acceptors (Lipinski definition) is 3. The SMILES string of the molecule is Cc1ccc(NC(N)=NCCC(C)N(C)C(=O)OC(C)(C)C)cc1C.I. The molecule has 7 heteroatoms. The average molecular weight is 476 g/mol. The van der Waals surface area contributed by atoms with E-state index in [1.54, 1.807) is 11.9 Å². The van der Waals surface area contributed by atoms with Crippen molar-refractivity contribution in [2.45, 2.75) is 59.6 Å². The van der Waals surface area contributed by atoms with E-state index in [4.69, 9.17) is 10.5 Å². The number of carbonyl (C=O) groups excluding carboxylic acids is 1. The molecule has 0 aromatic heterocycles. The molecule has 0 fully saturated rings. The smallest absolute Gasteiger partial charge is 0.410 e. The van der Waals surface area contributed by atoms with Gasteiger partial charge in [0.2, 0.25) is 0 Å². The number of anilines is 1. The van der Waals surface area contributed by atoms with Crippen molar-refractivity contribution in [3.05, 3.63) is 29.3 Å². The summed E-state index contributed by atoms with van der Waals surface area (Å²) in [5, 5.41) is 3.09. The molecule has 1 unspecified atom stereocenters. The fraction of sp³-hybridized carbons (Fsp3) is 0.579. The topological polar surface area (TPSA) is 80.0 Å². The van der Waals surface area contributed by atoms with Crippen LogP contribution < -0.4 is 11.1 Å². The van der Waals surface area contributed by atoms with Gasteiger partial charge in [-0.2, -0.15) is 0 Å². The van der Waals surface area contributed by atoms with E-state index in [1.807, 2.05) is 45.9 Å². The third-order valence-corrected chi connectivity index (χ3v) is 3.95. The van der Waals surface area contributed by atoms with Crippen molar-refractivity contribution in [2.24, 2.45) is 10.7 Å². The summed E-state index contributed by atoms with van der Waals surface area (Å²) in [6.45, 7) is 12.2. The molecule has 0 aliphatic heterocycles. The quantitative estimate of drug-likeness (QED) is 0.378. The largest absolute Gasteiger partial charge is 0.444 e. The number of aliphatic imine (C=N–C) groups is 1. The molecule has 1 atom stereocenters. The molecule has 0 radical (unpaired) electrons. The van der Waals surface area contributed by atoms with E-state index in [1.165, 1.54) is 11.1 Å². The summed E-state index contributed by atoms with van der Waals surface area (Å²) in [5.74, 6) is 0.371. The van der Waals surface area contributed by atoms with Crippen LogP contribution in [0, 0.1) is 13.8 Å². The molecule has 0 saturated heterocycles. The van der Waals surface area contributed by atoms with E-state index in [-0.39, 0.29) is 36.1 Å². The number of nitrogens with one attached hydrogen (secondary N) is 1. The second kappa shape index (κ2) is 10.6. The van der Waals surface area contributed by atoms with Crippen molar-refractivity contribution in [1.29, 1.82) is 0 Å². The zero-order chi connectivity index (χ0) is 19.2. The predicted octanol–water partition coefficient (Wildman–Crippen LogP) is 4.29. The maximum atomic E-state index is 12.0. The highest BCUT2D eigenvalue weighted by Crippen LogP contribution is 2.14. The molecule has 0 aliphatic rings. The maximum absolute atomic E-state index is 12.0. The van der Waals surface area contributed by atoms with Crippen LogP contribution in [0.5, 0.6) is 0 Å². The van der Waals surface area contributed by atoms with E-state index < -0.39 is 5.60 Å². The summed E-state index contributed by atoms with van der Waals surface area (Å²) < 4.78 is 5.36. The Bertz CT molecular complexity index is 626. The van der Waals surface area contributed by atoms with Crippen LogP contribution in [0.15, 0.2) is 23.2 Å². The number of guanidine groups is 1. The molecule has 26 heavy (non-hydrogen) atoms. The molecule has 1 amide bonds. The molecule has 3 N–H and O–H groups in total. The number of nitrogens with zero attached hydrogens (tertiary/aromatic N) is 2. The van der Waals surface area contributed by atoms with Crippen LogP contribution in [0.3, 0.4) is 0 Å². The van der Waals surface area contributed by atoms with E-state index in [0.717, 1.165) is 5.69 Å². The standard InChI is InChI=1S/C19H32N4O2.HI/c1-13-8-9-16(12-14(13)2)22-17(20)21-11-10-15(3)23(7)18(24)25-19(4,5)6;/h8-9,12,15H,10-11H2,1-7H3,(H3,20,21,22);1H. The van der Waals surface area contributed by atoms with Crippen LogP contribution in [-0.4, -0.2) is 42.2 Å². The van der Waals surface area contributed by atoms with Gasteiger partial charge >= 0.3 is 6.09 Å². The molecule has 0 bridgehead atoms. The zero-order valence-electron chi connectivity index (χ0n) is 16.9. The molecular formula is C19H33IN4O2. The number of rotatable bonds is 5. The van der Waals surface area contributed by atoms with Gasteiger partial charge in [-0.1, -0.05) is 6.07 Å². The Kier molecular flexibility index (Phi) is 9.98. The van der Waals surface area contributed by atoms with Gasteiger partial charge in [-0.05, 0) is 71.2 Å². The average Bonchev–Trinajstić information content (AvgIpc) is 2.48. The lowest BCUT2D eigenvalue weighted by Gasteiger charge is -2.28. The minimum atomic E-state index is -0.496. The van der Waals surface area contributed by atoms with Gasteiger partial charge in [-0.3, -0.25) is 4.99 Å². The van der Waals surface area contributed by atoms with Gasteiger partial charge in [0.1, 0.15) is 5.60 Å². The van der Waals surface area contributed by atoms with E-state index >= 15 is 0 Å². The third kappa shape index (κ3) is 8.73. The van der Waals surface area contributed by atoms with Crippen molar-refractivity contribution in [2.75, 3.05) is 18.9 Å². The summed E-state index contributed by atoms with van der Waals surface area (Å²) in [4.78, 5) is 18.0. The van der Waals surface area contributed by atoms with Gasteiger partial charge in [0.25, 0.3) is 0 Å². The Balaban J connectivity index is 0.00000625. The molecule has 6 nitrogen and oxygen atoms in total. The van der Waals surface area contributed by atoms with Crippen LogP contribution >= 0.6 is 24.0 Å². The van der Waals surface area contributed by atoms with Gasteiger partial charge in [0, 0.05) is 25.3 Å². The fourth-order valence-corrected chi connectivity index (χ4v) is 2.09. The highest BCUT2D eigenvalue weighted by molar-refractivity contribution is 14.0. The van der Waals surface area contributed by atoms with Crippen LogP contribution in [0.25, 0.3) is 0 Å². The van der Waals surface area contributed by atoms with Crippen LogP contribution in [0.1, 0.15) is 45.2 Å². The first-order valence-electron chi connectivity index (χ1n) is 8.59. The van der Waals surface area contributed by atoms with Crippen LogP contribution in [-0.2, 0) is 4.74 Å². The first-order valence-corrected chi connectivity index (χ1v) is 8.59. The number of halogens is 1. The second-order valence-electron chi connectivity index (χ2n) is 7.42. The van der Waals surface area contributed by atoms with Gasteiger partial charge in [-0.15, -0.1) is 24.0 Å². The Morgan fingerprint density at radius 3 is 2.46 bits per heavy atom. The minimum Gasteiger partial charge on any atom is -0.444 e. The predicted molar refractivity (Wildman–Crippen MR) is 120 cm³/mol. The molecule has 0 aliphatic carbocycles. The summed E-state index contributed by atoms with van der Waals surface area (Å²) in [6, 6.07) is 6.07. The van der Waals surface area contributed by atoms with Gasteiger partial charge in [0.05, 0.1) is 0 Å². The van der Waals surface area contributed by atoms with Crippen molar-refractivity contribution in [1.82, 2.24) is 4.90 Å². The molecule has 1 aromatic rings. The van der Waals surface area contributed by atoms with Crippen LogP contribution in [0.4, 0.5) is 10.5 Å². The normalized spacial score (nSPS) is 12.8. The molecule has 0 saturated carbocycles. The summed E-state index contributed by atoms with van der Waals surface area (Å²) in [5.41, 5.74) is 8.79. The number of hydrogen-bond donors (Lipinski definition) is 2. The first-order chi connectivity index (χ1) is 11.5. The van der Waals surface area contributed by atoms with Gasteiger partial charge in [0.15, 0.2) is 5.96 Å². The number of amides is 1. The molecule has 0 spiro atoms. The van der Waals surface area contributed by atoms with Gasteiger partial charge in [-0.25, -0.2) is 4.79 Å².